The summed E-state index contributed by atoms with van der Waals surface area (Å²) in [5.74, 6) is 0.734. The summed E-state index contributed by atoms with van der Waals surface area (Å²) >= 11 is 3.13. The maximum atomic E-state index is 13.2. The molecule has 0 saturated carbocycles. The van der Waals surface area contributed by atoms with E-state index in [1.807, 2.05) is 0 Å². The molecule has 0 amide bonds. The predicted octanol–water partition coefficient (Wildman–Crippen LogP) is 3.67. The molecule has 0 spiro atoms. The Balaban J connectivity index is 2.19. The first-order chi connectivity index (χ1) is 9.65. The molecule has 0 aliphatic heterocycles. The molecule has 2 aromatic carbocycles. The molecule has 20 heavy (non-hydrogen) atoms. The van der Waals surface area contributed by atoms with E-state index in [1.54, 1.807) is 30.3 Å². The Morgan fingerprint density at radius 3 is 2.70 bits per heavy atom. The van der Waals surface area contributed by atoms with E-state index >= 15 is 0 Å². The summed E-state index contributed by atoms with van der Waals surface area (Å²) in [7, 11) is 1.54. The fourth-order valence-electron chi connectivity index (χ4n) is 1.80. The van der Waals surface area contributed by atoms with Crippen molar-refractivity contribution in [2.24, 2.45) is 0 Å². The molecule has 0 aliphatic carbocycles. The van der Waals surface area contributed by atoms with Crippen LogP contribution in [-0.2, 0) is 13.2 Å². The lowest BCUT2D eigenvalue weighted by molar-refractivity contribution is 0.250. The Morgan fingerprint density at radius 2 is 2.05 bits per heavy atom. The molecular weight excluding hydrogens is 327 g/mol. The molecule has 2 aromatic rings. The Bertz CT molecular complexity index is 579. The zero-order valence-electron chi connectivity index (χ0n) is 10.9. The first-order valence-electron chi connectivity index (χ1n) is 5.99. The first kappa shape index (κ1) is 14.8. The number of rotatable bonds is 5. The Kier molecular flexibility index (Phi) is 4.98. The molecule has 5 heteroatoms. The van der Waals surface area contributed by atoms with Crippen LogP contribution in [0.1, 0.15) is 11.1 Å². The van der Waals surface area contributed by atoms with Gasteiger partial charge in [0, 0.05) is 5.56 Å². The van der Waals surface area contributed by atoms with Crippen molar-refractivity contribution in [1.82, 2.24) is 0 Å². The third-order valence-electron chi connectivity index (χ3n) is 2.82. The topological polar surface area (TPSA) is 38.7 Å². The van der Waals surface area contributed by atoms with Gasteiger partial charge >= 0.3 is 0 Å². The van der Waals surface area contributed by atoms with Crippen molar-refractivity contribution < 1.29 is 19.0 Å². The van der Waals surface area contributed by atoms with Crippen LogP contribution in [0, 0.1) is 5.82 Å². The average Bonchev–Trinajstić information content (AvgIpc) is 2.48. The number of halogens is 2. The zero-order chi connectivity index (χ0) is 14.5. The summed E-state index contributed by atoms with van der Waals surface area (Å²) in [6.07, 6.45) is 0. The third kappa shape index (κ3) is 3.29. The van der Waals surface area contributed by atoms with Crippen LogP contribution in [0.2, 0.25) is 0 Å². The van der Waals surface area contributed by atoms with Crippen LogP contribution in [0.15, 0.2) is 40.9 Å². The number of methoxy groups -OCH3 is 1. The summed E-state index contributed by atoms with van der Waals surface area (Å²) in [5.41, 5.74) is 1.46. The van der Waals surface area contributed by atoms with E-state index in [0.717, 1.165) is 5.56 Å². The highest BCUT2D eigenvalue weighted by atomic mass is 79.9. The molecule has 0 heterocycles. The van der Waals surface area contributed by atoms with E-state index in [4.69, 9.17) is 9.47 Å². The van der Waals surface area contributed by atoms with Crippen molar-refractivity contribution in [1.29, 1.82) is 0 Å². The highest BCUT2D eigenvalue weighted by molar-refractivity contribution is 9.10. The van der Waals surface area contributed by atoms with Crippen molar-refractivity contribution in [3.8, 4) is 11.5 Å². The minimum absolute atomic E-state index is 0.139. The number of aliphatic hydroxyl groups excluding tert-OH is 1. The Morgan fingerprint density at radius 1 is 1.25 bits per heavy atom. The van der Waals surface area contributed by atoms with Gasteiger partial charge in [0.15, 0.2) is 11.5 Å². The van der Waals surface area contributed by atoms with E-state index < -0.39 is 0 Å². The number of ether oxygens (including phenoxy) is 2. The van der Waals surface area contributed by atoms with Gasteiger partial charge < -0.3 is 14.6 Å². The number of benzene rings is 2. The van der Waals surface area contributed by atoms with Crippen LogP contribution >= 0.6 is 15.9 Å². The SMILES string of the molecule is COc1cccc(CO)c1OCc1ccc(F)c(Br)c1. The number of hydrogen-bond acceptors (Lipinski definition) is 3. The van der Waals surface area contributed by atoms with Crippen LogP contribution in [-0.4, -0.2) is 12.2 Å². The lowest BCUT2D eigenvalue weighted by Crippen LogP contribution is -2.01. The summed E-state index contributed by atoms with van der Waals surface area (Å²) in [6, 6.07) is 9.98. The fourth-order valence-corrected chi connectivity index (χ4v) is 2.22. The molecule has 0 unspecified atom stereocenters. The smallest absolute Gasteiger partial charge is 0.167 e. The zero-order valence-corrected chi connectivity index (χ0v) is 12.5. The highest BCUT2D eigenvalue weighted by Crippen LogP contribution is 2.32. The van der Waals surface area contributed by atoms with E-state index in [9.17, 15) is 9.50 Å². The van der Waals surface area contributed by atoms with Gasteiger partial charge in [-0.1, -0.05) is 18.2 Å². The second kappa shape index (κ2) is 6.72. The van der Waals surface area contributed by atoms with Crippen molar-refractivity contribution in [2.75, 3.05) is 7.11 Å². The molecule has 0 aromatic heterocycles. The van der Waals surface area contributed by atoms with Gasteiger partial charge in [0.2, 0.25) is 0 Å². The summed E-state index contributed by atoms with van der Waals surface area (Å²) < 4.78 is 24.5. The fraction of sp³-hybridized carbons (Fsp3) is 0.200. The van der Waals surface area contributed by atoms with Crippen LogP contribution < -0.4 is 9.47 Å². The van der Waals surface area contributed by atoms with Crippen LogP contribution in [0.25, 0.3) is 0 Å². The molecule has 2 rings (SSSR count). The van der Waals surface area contributed by atoms with Gasteiger partial charge in [0.1, 0.15) is 12.4 Å². The maximum absolute atomic E-state index is 13.2. The quantitative estimate of drug-likeness (QED) is 0.902. The van der Waals surface area contributed by atoms with E-state index in [1.165, 1.54) is 13.2 Å². The molecular formula is C15H14BrFO3. The van der Waals surface area contributed by atoms with Gasteiger partial charge in [-0.05, 0) is 39.7 Å². The van der Waals surface area contributed by atoms with Gasteiger partial charge in [0.25, 0.3) is 0 Å². The summed E-state index contributed by atoms with van der Waals surface area (Å²) in [6.45, 7) is 0.117. The average molecular weight is 341 g/mol. The summed E-state index contributed by atoms with van der Waals surface area (Å²) in [5, 5.41) is 9.32. The molecule has 0 fully saturated rings. The van der Waals surface area contributed by atoms with Gasteiger partial charge in [-0.15, -0.1) is 0 Å². The van der Waals surface area contributed by atoms with Crippen molar-refractivity contribution in [3.05, 3.63) is 57.8 Å². The van der Waals surface area contributed by atoms with Gasteiger partial charge in [-0.25, -0.2) is 4.39 Å². The number of aliphatic hydroxyl groups is 1. The molecule has 0 bridgehead atoms. The third-order valence-corrected chi connectivity index (χ3v) is 3.43. The molecule has 0 radical (unpaired) electrons. The normalized spacial score (nSPS) is 10.4. The molecule has 0 saturated heterocycles. The Labute approximate surface area is 125 Å². The lowest BCUT2D eigenvalue weighted by atomic mass is 10.2. The van der Waals surface area contributed by atoms with Crippen LogP contribution in [0.5, 0.6) is 11.5 Å². The molecule has 106 valence electrons. The first-order valence-corrected chi connectivity index (χ1v) is 6.78. The molecule has 0 atom stereocenters. The number of hydrogen-bond donors (Lipinski definition) is 1. The molecule has 1 N–H and O–H groups in total. The van der Waals surface area contributed by atoms with Gasteiger partial charge in [-0.2, -0.15) is 0 Å². The van der Waals surface area contributed by atoms with E-state index in [0.29, 0.717) is 21.5 Å². The number of para-hydroxylation sites is 1. The van der Waals surface area contributed by atoms with Crippen molar-refractivity contribution in [3.63, 3.8) is 0 Å². The largest absolute Gasteiger partial charge is 0.493 e. The van der Waals surface area contributed by atoms with Gasteiger partial charge in [0.05, 0.1) is 18.2 Å². The van der Waals surface area contributed by atoms with Crippen molar-refractivity contribution >= 4 is 15.9 Å². The minimum atomic E-state index is -0.318. The standard InChI is InChI=1S/C15H14BrFO3/c1-19-14-4-2-3-11(8-18)15(14)20-9-10-5-6-13(17)12(16)7-10/h2-7,18H,8-9H2,1H3. The highest BCUT2D eigenvalue weighted by Gasteiger charge is 2.10. The van der Waals surface area contributed by atoms with E-state index in [2.05, 4.69) is 15.9 Å². The molecule has 0 aliphatic rings. The van der Waals surface area contributed by atoms with Gasteiger partial charge in [-0.3, -0.25) is 0 Å². The van der Waals surface area contributed by atoms with E-state index in [-0.39, 0.29) is 19.0 Å². The predicted molar refractivity (Wildman–Crippen MR) is 77.3 cm³/mol. The monoisotopic (exact) mass is 340 g/mol. The second-order valence-electron chi connectivity index (χ2n) is 4.14. The van der Waals surface area contributed by atoms with Crippen molar-refractivity contribution in [2.45, 2.75) is 13.2 Å². The lowest BCUT2D eigenvalue weighted by Gasteiger charge is -2.14. The van der Waals surface area contributed by atoms with Crippen LogP contribution in [0.3, 0.4) is 0 Å². The summed E-state index contributed by atoms with van der Waals surface area (Å²) in [4.78, 5) is 0. The maximum Gasteiger partial charge on any atom is 0.167 e. The minimum Gasteiger partial charge on any atom is -0.493 e. The molecule has 3 nitrogen and oxygen atoms in total. The Hall–Kier alpha value is -1.59. The van der Waals surface area contributed by atoms with Crippen LogP contribution in [0.4, 0.5) is 4.39 Å². The second-order valence-corrected chi connectivity index (χ2v) is 5.00.